The van der Waals surface area contributed by atoms with Crippen molar-refractivity contribution in [1.29, 1.82) is 0 Å². The van der Waals surface area contributed by atoms with Gasteiger partial charge in [0.15, 0.2) is 5.82 Å². The molecule has 4 rings (SSSR count). The molecule has 3 aromatic heterocycles. The third-order valence-corrected chi connectivity index (χ3v) is 4.76. The van der Waals surface area contributed by atoms with Crippen LogP contribution in [-0.2, 0) is 0 Å². The number of nitrogens with zero attached hydrogens (tertiary/aromatic N) is 4. The molecule has 0 aliphatic carbocycles. The first-order chi connectivity index (χ1) is 11.7. The molecule has 0 bridgehead atoms. The standard InChI is InChI=1S/C17H15N5OS/c1-10(15-21-11(2)23-22-15)20-16-13-8-14(12-6-4-3-5-7-12)24-17(13)19-9-18-16/h3-10H,1-2H3,(H,18,19,20). The second kappa shape index (κ2) is 6.01. The number of anilines is 1. The molecule has 0 fully saturated rings. The molecule has 1 N–H and O–H groups in total. The molecule has 120 valence electrons. The fraction of sp³-hybridized carbons (Fsp3) is 0.176. The van der Waals surface area contributed by atoms with Gasteiger partial charge in [-0.05, 0) is 18.6 Å². The van der Waals surface area contributed by atoms with E-state index >= 15 is 0 Å². The smallest absolute Gasteiger partial charge is 0.223 e. The lowest BCUT2D eigenvalue weighted by atomic mass is 10.2. The Labute approximate surface area is 142 Å². The number of thiophene rings is 1. The molecule has 7 heteroatoms. The lowest BCUT2D eigenvalue weighted by Gasteiger charge is -2.10. The van der Waals surface area contributed by atoms with Crippen LogP contribution in [0, 0.1) is 6.92 Å². The third-order valence-electron chi connectivity index (χ3n) is 3.67. The van der Waals surface area contributed by atoms with Gasteiger partial charge < -0.3 is 9.84 Å². The maximum absolute atomic E-state index is 5.04. The highest BCUT2D eigenvalue weighted by molar-refractivity contribution is 7.21. The van der Waals surface area contributed by atoms with Gasteiger partial charge in [-0.15, -0.1) is 11.3 Å². The van der Waals surface area contributed by atoms with Crippen LogP contribution in [0.25, 0.3) is 20.7 Å². The number of hydrogen-bond donors (Lipinski definition) is 1. The normalized spacial score (nSPS) is 12.4. The molecule has 3 heterocycles. The summed E-state index contributed by atoms with van der Waals surface area (Å²) in [5.74, 6) is 1.93. The van der Waals surface area contributed by atoms with Crippen molar-refractivity contribution in [3.05, 3.63) is 54.4 Å². The molecule has 0 radical (unpaired) electrons. The van der Waals surface area contributed by atoms with Crippen LogP contribution in [0.3, 0.4) is 0 Å². The molecular weight excluding hydrogens is 322 g/mol. The van der Waals surface area contributed by atoms with E-state index in [1.807, 2.05) is 25.1 Å². The lowest BCUT2D eigenvalue weighted by molar-refractivity contribution is 0.385. The number of aromatic nitrogens is 4. The van der Waals surface area contributed by atoms with Gasteiger partial charge in [-0.3, -0.25) is 0 Å². The van der Waals surface area contributed by atoms with Crippen LogP contribution >= 0.6 is 11.3 Å². The van der Waals surface area contributed by atoms with Gasteiger partial charge in [-0.1, -0.05) is 35.5 Å². The number of fused-ring (bicyclic) bond motifs is 1. The van der Waals surface area contributed by atoms with Crippen molar-refractivity contribution in [3.63, 3.8) is 0 Å². The minimum atomic E-state index is -0.111. The molecule has 0 amide bonds. The van der Waals surface area contributed by atoms with E-state index in [2.05, 4.69) is 43.6 Å². The zero-order valence-electron chi connectivity index (χ0n) is 13.2. The Balaban J connectivity index is 1.70. The SMILES string of the molecule is Cc1nc(C(C)Nc2ncnc3sc(-c4ccccc4)cc23)no1. The Kier molecular flexibility index (Phi) is 3.70. The predicted molar refractivity (Wildman–Crippen MR) is 93.9 cm³/mol. The summed E-state index contributed by atoms with van der Waals surface area (Å²) in [6.45, 7) is 3.75. The highest BCUT2D eigenvalue weighted by Crippen LogP contribution is 2.35. The molecule has 0 spiro atoms. The molecule has 1 unspecified atom stereocenters. The fourth-order valence-electron chi connectivity index (χ4n) is 2.48. The number of rotatable bonds is 4. The van der Waals surface area contributed by atoms with Crippen LogP contribution in [0.5, 0.6) is 0 Å². The maximum atomic E-state index is 5.04. The number of aryl methyl sites for hydroxylation is 1. The monoisotopic (exact) mass is 337 g/mol. The molecule has 6 nitrogen and oxygen atoms in total. The Bertz CT molecular complexity index is 979. The zero-order valence-corrected chi connectivity index (χ0v) is 14.0. The van der Waals surface area contributed by atoms with Crippen molar-refractivity contribution in [1.82, 2.24) is 20.1 Å². The molecular formula is C17H15N5OS. The summed E-state index contributed by atoms with van der Waals surface area (Å²) in [5.41, 5.74) is 1.17. The third kappa shape index (κ3) is 2.74. The molecule has 24 heavy (non-hydrogen) atoms. The van der Waals surface area contributed by atoms with Gasteiger partial charge in [-0.2, -0.15) is 4.98 Å². The second-order valence-corrected chi connectivity index (χ2v) is 6.49. The molecule has 0 aliphatic heterocycles. The van der Waals surface area contributed by atoms with Gasteiger partial charge in [0.25, 0.3) is 0 Å². The summed E-state index contributed by atoms with van der Waals surface area (Å²) >= 11 is 1.65. The maximum Gasteiger partial charge on any atom is 0.223 e. The highest BCUT2D eigenvalue weighted by atomic mass is 32.1. The van der Waals surface area contributed by atoms with E-state index in [9.17, 15) is 0 Å². The van der Waals surface area contributed by atoms with Gasteiger partial charge in [-0.25, -0.2) is 9.97 Å². The largest absolute Gasteiger partial charge is 0.360 e. The van der Waals surface area contributed by atoms with Crippen LogP contribution < -0.4 is 5.32 Å². The van der Waals surface area contributed by atoms with Crippen molar-refractivity contribution >= 4 is 27.4 Å². The predicted octanol–water partition coefficient (Wildman–Crippen LogP) is 4.22. The van der Waals surface area contributed by atoms with Gasteiger partial charge >= 0.3 is 0 Å². The van der Waals surface area contributed by atoms with E-state index in [0.717, 1.165) is 20.9 Å². The summed E-state index contributed by atoms with van der Waals surface area (Å²) in [6, 6.07) is 12.3. The fourth-order valence-corrected chi connectivity index (χ4v) is 3.48. The Morgan fingerprint density at radius 1 is 1.17 bits per heavy atom. The highest BCUT2D eigenvalue weighted by Gasteiger charge is 2.16. The van der Waals surface area contributed by atoms with E-state index < -0.39 is 0 Å². The minimum Gasteiger partial charge on any atom is -0.360 e. The van der Waals surface area contributed by atoms with Crippen molar-refractivity contribution in [2.75, 3.05) is 5.32 Å². The van der Waals surface area contributed by atoms with E-state index in [0.29, 0.717) is 11.7 Å². The second-order valence-electron chi connectivity index (χ2n) is 5.46. The quantitative estimate of drug-likeness (QED) is 0.601. The van der Waals surface area contributed by atoms with Crippen LogP contribution in [0.1, 0.15) is 24.7 Å². The molecule has 1 aromatic carbocycles. The number of benzene rings is 1. The van der Waals surface area contributed by atoms with Gasteiger partial charge in [0.2, 0.25) is 5.89 Å². The minimum absolute atomic E-state index is 0.111. The van der Waals surface area contributed by atoms with Gasteiger partial charge in [0.05, 0.1) is 11.4 Å². The number of hydrogen-bond acceptors (Lipinski definition) is 7. The lowest BCUT2D eigenvalue weighted by Crippen LogP contribution is -2.09. The van der Waals surface area contributed by atoms with E-state index in [1.54, 1.807) is 24.6 Å². The van der Waals surface area contributed by atoms with Gasteiger partial charge in [0, 0.05) is 11.8 Å². The van der Waals surface area contributed by atoms with E-state index in [-0.39, 0.29) is 6.04 Å². The van der Waals surface area contributed by atoms with Crippen LogP contribution in [0.4, 0.5) is 5.82 Å². The summed E-state index contributed by atoms with van der Waals surface area (Å²) in [6.07, 6.45) is 1.57. The Hall–Kier alpha value is -2.80. The van der Waals surface area contributed by atoms with E-state index in [4.69, 9.17) is 4.52 Å². The van der Waals surface area contributed by atoms with Crippen LogP contribution in [0.2, 0.25) is 0 Å². The summed E-state index contributed by atoms with van der Waals surface area (Å²) in [4.78, 5) is 15.1. The van der Waals surface area contributed by atoms with E-state index in [1.165, 1.54) is 5.56 Å². The molecule has 0 saturated carbocycles. The average molecular weight is 337 g/mol. The first-order valence-electron chi connectivity index (χ1n) is 7.57. The Morgan fingerprint density at radius 3 is 2.75 bits per heavy atom. The average Bonchev–Trinajstić information content (AvgIpc) is 3.22. The van der Waals surface area contributed by atoms with Crippen molar-refractivity contribution in [2.45, 2.75) is 19.9 Å². The zero-order chi connectivity index (χ0) is 16.5. The summed E-state index contributed by atoms with van der Waals surface area (Å²) in [5, 5.41) is 8.30. The Morgan fingerprint density at radius 2 is 2.00 bits per heavy atom. The van der Waals surface area contributed by atoms with Crippen molar-refractivity contribution < 1.29 is 4.52 Å². The van der Waals surface area contributed by atoms with Crippen molar-refractivity contribution in [2.24, 2.45) is 0 Å². The first kappa shape index (κ1) is 14.8. The first-order valence-corrected chi connectivity index (χ1v) is 8.39. The van der Waals surface area contributed by atoms with Crippen LogP contribution in [0.15, 0.2) is 47.2 Å². The molecule has 0 aliphatic rings. The topological polar surface area (TPSA) is 76.7 Å². The van der Waals surface area contributed by atoms with Crippen LogP contribution in [-0.4, -0.2) is 20.1 Å². The van der Waals surface area contributed by atoms with Crippen molar-refractivity contribution in [3.8, 4) is 10.4 Å². The molecule has 4 aromatic rings. The molecule has 0 saturated heterocycles. The number of nitrogens with one attached hydrogen (secondary N) is 1. The van der Waals surface area contributed by atoms with Gasteiger partial charge in [0.1, 0.15) is 17.0 Å². The summed E-state index contributed by atoms with van der Waals surface area (Å²) in [7, 11) is 0. The summed E-state index contributed by atoms with van der Waals surface area (Å²) < 4.78 is 5.04. The molecule has 1 atom stereocenters.